The molecule has 37 heavy (non-hydrogen) atoms. The van der Waals surface area contributed by atoms with Crippen molar-refractivity contribution in [3.8, 4) is 11.3 Å². The highest BCUT2D eigenvalue weighted by Gasteiger charge is 2.60. The van der Waals surface area contributed by atoms with Crippen LogP contribution in [0.3, 0.4) is 0 Å². The molecule has 0 saturated carbocycles. The van der Waals surface area contributed by atoms with Crippen LogP contribution < -0.4 is 5.32 Å². The molecule has 3 unspecified atom stereocenters. The van der Waals surface area contributed by atoms with Crippen LogP contribution in [0.5, 0.6) is 0 Å². The SMILES string of the molecule is CCOC(=O)C1=C(C)NC(C)C(C(=O)OCC)(c2nc(-c3ccc(Cl)c(Cl)c3)cs2)C1c1ccccc1. The van der Waals surface area contributed by atoms with Gasteiger partial charge in [0.15, 0.2) is 5.41 Å². The van der Waals surface area contributed by atoms with Crippen LogP contribution in [0.25, 0.3) is 11.3 Å². The Labute approximate surface area is 230 Å². The maximum absolute atomic E-state index is 14.1. The van der Waals surface area contributed by atoms with Crippen molar-refractivity contribution in [2.75, 3.05) is 13.2 Å². The van der Waals surface area contributed by atoms with Crippen molar-refractivity contribution in [1.82, 2.24) is 10.3 Å². The Morgan fingerprint density at radius 3 is 2.41 bits per heavy atom. The summed E-state index contributed by atoms with van der Waals surface area (Å²) < 4.78 is 11.2. The summed E-state index contributed by atoms with van der Waals surface area (Å²) in [5.74, 6) is -1.65. The zero-order chi connectivity index (χ0) is 26.7. The highest BCUT2D eigenvalue weighted by molar-refractivity contribution is 7.10. The first-order valence-corrected chi connectivity index (χ1v) is 13.7. The molecule has 6 nitrogen and oxygen atoms in total. The summed E-state index contributed by atoms with van der Waals surface area (Å²) >= 11 is 13.7. The van der Waals surface area contributed by atoms with E-state index in [1.165, 1.54) is 11.3 Å². The first kappa shape index (κ1) is 27.2. The Morgan fingerprint density at radius 1 is 1.05 bits per heavy atom. The highest BCUT2D eigenvalue weighted by Crippen LogP contribution is 2.52. The van der Waals surface area contributed by atoms with Crippen LogP contribution in [0, 0.1) is 0 Å². The number of thiazole rings is 1. The maximum atomic E-state index is 14.1. The predicted octanol–water partition coefficient (Wildman–Crippen LogP) is 6.53. The summed E-state index contributed by atoms with van der Waals surface area (Å²) in [4.78, 5) is 32.4. The maximum Gasteiger partial charge on any atom is 0.336 e. The number of benzene rings is 2. The summed E-state index contributed by atoms with van der Waals surface area (Å²) in [5.41, 5.74) is 1.88. The van der Waals surface area contributed by atoms with E-state index in [0.717, 1.165) is 11.1 Å². The molecule has 0 aliphatic carbocycles. The number of hydrogen-bond donors (Lipinski definition) is 1. The molecule has 0 saturated heterocycles. The van der Waals surface area contributed by atoms with Crippen LogP contribution in [-0.2, 0) is 24.5 Å². The monoisotopic (exact) mass is 558 g/mol. The molecule has 4 rings (SSSR count). The lowest BCUT2D eigenvalue weighted by Crippen LogP contribution is -2.60. The Kier molecular flexibility index (Phi) is 8.26. The van der Waals surface area contributed by atoms with Crippen molar-refractivity contribution < 1.29 is 19.1 Å². The zero-order valence-electron chi connectivity index (χ0n) is 21.0. The summed E-state index contributed by atoms with van der Waals surface area (Å²) in [5, 5.41) is 6.62. The van der Waals surface area contributed by atoms with Crippen LogP contribution in [0.4, 0.5) is 0 Å². The molecular formula is C28H28Cl2N2O4S. The van der Waals surface area contributed by atoms with Crippen LogP contribution in [0.1, 0.15) is 44.2 Å². The van der Waals surface area contributed by atoms with Gasteiger partial charge in [-0.05, 0) is 45.4 Å². The van der Waals surface area contributed by atoms with Gasteiger partial charge in [0.1, 0.15) is 5.01 Å². The van der Waals surface area contributed by atoms with Gasteiger partial charge in [0, 0.05) is 28.6 Å². The molecule has 3 atom stereocenters. The molecule has 194 valence electrons. The van der Waals surface area contributed by atoms with Gasteiger partial charge in [0.2, 0.25) is 0 Å². The number of allylic oxidation sites excluding steroid dienone is 1. The van der Waals surface area contributed by atoms with Crippen molar-refractivity contribution in [2.24, 2.45) is 0 Å². The third-order valence-electron chi connectivity index (χ3n) is 6.58. The first-order valence-electron chi connectivity index (χ1n) is 12.0. The fourth-order valence-corrected chi connectivity index (χ4v) is 6.39. The second-order valence-electron chi connectivity index (χ2n) is 8.73. The Bertz CT molecular complexity index is 1340. The van der Waals surface area contributed by atoms with Gasteiger partial charge in [0.05, 0.1) is 34.5 Å². The van der Waals surface area contributed by atoms with Gasteiger partial charge in [-0.25, -0.2) is 9.78 Å². The Hall–Kier alpha value is -2.87. The minimum Gasteiger partial charge on any atom is -0.465 e. The van der Waals surface area contributed by atoms with Gasteiger partial charge in [-0.15, -0.1) is 11.3 Å². The second kappa shape index (κ2) is 11.3. The molecule has 0 radical (unpaired) electrons. The molecule has 0 amide bonds. The Morgan fingerprint density at radius 2 is 1.76 bits per heavy atom. The van der Waals surface area contributed by atoms with E-state index in [-0.39, 0.29) is 13.2 Å². The zero-order valence-corrected chi connectivity index (χ0v) is 23.3. The standard InChI is InChI=1S/C28H28Cl2N2O4S/c1-5-35-25(33)23-16(3)31-17(4)28(27(34)36-6-2,24(23)18-10-8-7-9-11-18)26-32-22(15-37-26)19-12-13-20(29)21(30)14-19/h7-15,17,24,31H,5-6H2,1-4H3. The number of aromatic nitrogens is 1. The quantitative estimate of drug-likeness (QED) is 0.332. The van der Waals surface area contributed by atoms with Gasteiger partial charge in [-0.2, -0.15) is 0 Å². The first-order chi connectivity index (χ1) is 17.7. The van der Waals surface area contributed by atoms with Gasteiger partial charge in [-0.1, -0.05) is 59.6 Å². The minimum absolute atomic E-state index is 0.178. The van der Waals surface area contributed by atoms with Crippen molar-refractivity contribution in [3.63, 3.8) is 0 Å². The van der Waals surface area contributed by atoms with E-state index >= 15 is 0 Å². The second-order valence-corrected chi connectivity index (χ2v) is 10.4. The number of hydrogen-bond acceptors (Lipinski definition) is 7. The fraction of sp³-hybridized carbons (Fsp3) is 0.321. The van der Waals surface area contributed by atoms with Crippen molar-refractivity contribution in [1.29, 1.82) is 0 Å². The molecule has 0 fully saturated rings. The summed E-state index contributed by atoms with van der Waals surface area (Å²) in [6, 6.07) is 14.3. The molecule has 1 N–H and O–H groups in total. The summed E-state index contributed by atoms with van der Waals surface area (Å²) in [6.07, 6.45) is 0. The highest BCUT2D eigenvalue weighted by atomic mass is 35.5. The molecule has 1 aliphatic heterocycles. The third-order valence-corrected chi connectivity index (χ3v) is 8.31. The van der Waals surface area contributed by atoms with E-state index in [4.69, 9.17) is 37.7 Å². The third kappa shape index (κ3) is 4.88. The number of ether oxygens (including phenoxy) is 2. The van der Waals surface area contributed by atoms with Crippen molar-refractivity contribution >= 4 is 46.5 Å². The van der Waals surface area contributed by atoms with E-state index in [0.29, 0.717) is 32.0 Å². The smallest absolute Gasteiger partial charge is 0.336 e. The fourth-order valence-electron chi connectivity index (χ4n) is 4.96. The van der Waals surface area contributed by atoms with E-state index in [2.05, 4.69) is 5.32 Å². The number of carbonyl (C=O) groups excluding carboxylic acids is 2. The number of nitrogens with one attached hydrogen (secondary N) is 1. The normalized spacial score (nSPS) is 21.4. The largest absolute Gasteiger partial charge is 0.465 e. The molecular weight excluding hydrogens is 531 g/mol. The van der Waals surface area contributed by atoms with Crippen LogP contribution >= 0.6 is 34.5 Å². The summed E-state index contributed by atoms with van der Waals surface area (Å²) in [7, 11) is 0. The molecule has 1 aromatic heterocycles. The number of carbonyl (C=O) groups is 2. The van der Waals surface area contributed by atoms with E-state index < -0.39 is 29.3 Å². The van der Waals surface area contributed by atoms with E-state index in [1.54, 1.807) is 26.0 Å². The average molecular weight is 560 g/mol. The van der Waals surface area contributed by atoms with E-state index in [9.17, 15) is 9.59 Å². The average Bonchev–Trinajstić information content (AvgIpc) is 3.36. The summed E-state index contributed by atoms with van der Waals surface area (Å²) in [6.45, 7) is 7.65. The number of esters is 2. The molecule has 0 spiro atoms. The van der Waals surface area contributed by atoms with E-state index in [1.807, 2.05) is 55.6 Å². The number of rotatable bonds is 7. The molecule has 9 heteroatoms. The molecule has 3 aromatic rings. The van der Waals surface area contributed by atoms with Crippen LogP contribution in [-0.4, -0.2) is 36.2 Å². The van der Waals surface area contributed by atoms with Crippen LogP contribution in [0.15, 0.2) is 65.2 Å². The van der Waals surface area contributed by atoms with Gasteiger partial charge in [-0.3, -0.25) is 4.79 Å². The lowest BCUT2D eigenvalue weighted by molar-refractivity contribution is -0.153. The minimum atomic E-state index is -1.35. The van der Waals surface area contributed by atoms with Crippen LogP contribution in [0.2, 0.25) is 10.0 Å². The molecule has 1 aliphatic rings. The van der Waals surface area contributed by atoms with Gasteiger partial charge in [0.25, 0.3) is 0 Å². The number of nitrogens with zero attached hydrogens (tertiary/aromatic N) is 1. The topological polar surface area (TPSA) is 77.5 Å². The van der Waals surface area contributed by atoms with Gasteiger partial charge < -0.3 is 14.8 Å². The Balaban J connectivity index is 2.00. The van der Waals surface area contributed by atoms with Gasteiger partial charge >= 0.3 is 11.9 Å². The lowest BCUT2D eigenvalue weighted by atomic mass is 9.62. The predicted molar refractivity (Wildman–Crippen MR) is 147 cm³/mol. The van der Waals surface area contributed by atoms with Crippen molar-refractivity contribution in [3.05, 3.63) is 85.8 Å². The number of halogens is 2. The molecule has 2 heterocycles. The molecule has 2 aromatic carbocycles. The lowest BCUT2D eigenvalue weighted by Gasteiger charge is -2.46. The molecule has 0 bridgehead atoms. The van der Waals surface area contributed by atoms with Crippen molar-refractivity contribution in [2.45, 2.75) is 45.1 Å².